The molecule has 0 saturated heterocycles. The van der Waals surface area contributed by atoms with Gasteiger partial charge in [0.05, 0.1) is 30.3 Å². The van der Waals surface area contributed by atoms with Crippen LogP contribution in [0.25, 0.3) is 22.2 Å². The van der Waals surface area contributed by atoms with Crippen LogP contribution in [0.5, 0.6) is 0 Å². The molecule has 0 aliphatic carbocycles. The zero-order chi connectivity index (χ0) is 25.2. The highest BCUT2D eigenvalue weighted by Crippen LogP contribution is 2.27. The fraction of sp³-hybridized carbons (Fsp3) is 0.300. The van der Waals surface area contributed by atoms with E-state index in [1.165, 1.54) is 12.7 Å². The zero-order valence-corrected chi connectivity index (χ0v) is 21.3. The number of rotatable bonds is 7. The molecule has 4 aromatic rings. The fourth-order valence-corrected chi connectivity index (χ4v) is 4.89. The first kappa shape index (κ1) is 23.8. The number of esters is 1. The van der Waals surface area contributed by atoms with E-state index in [4.69, 9.17) is 14.7 Å². The number of hydrogen-bond acceptors (Lipinski definition) is 5. The Morgan fingerprint density at radius 1 is 1.11 bits per heavy atom. The number of aryl methyl sites for hydroxylation is 2. The van der Waals surface area contributed by atoms with Gasteiger partial charge in [-0.2, -0.15) is 0 Å². The maximum absolute atomic E-state index is 12.2. The van der Waals surface area contributed by atoms with Crippen LogP contribution in [0.4, 0.5) is 0 Å². The van der Waals surface area contributed by atoms with Crippen LogP contribution < -0.4 is 5.32 Å². The maximum atomic E-state index is 12.2. The Bertz CT molecular complexity index is 1450. The summed E-state index contributed by atoms with van der Waals surface area (Å²) in [4.78, 5) is 22.0. The van der Waals surface area contributed by atoms with Crippen molar-refractivity contribution >= 4 is 22.8 Å². The summed E-state index contributed by atoms with van der Waals surface area (Å²) in [6, 6.07) is 20.7. The number of carbonyl (C=O) groups excluding carboxylic acids is 1. The number of hydrogen-bond donors (Lipinski definition) is 1. The minimum atomic E-state index is -0.328. The molecular formula is C30H32N4O2. The highest BCUT2D eigenvalue weighted by molar-refractivity contribution is 6.03. The maximum Gasteiger partial charge on any atom is 0.338 e. The second-order valence-corrected chi connectivity index (χ2v) is 9.49. The topological polar surface area (TPSA) is 68.5 Å². The van der Waals surface area contributed by atoms with Gasteiger partial charge in [0.25, 0.3) is 0 Å². The van der Waals surface area contributed by atoms with E-state index in [9.17, 15) is 4.79 Å². The Kier molecular flexibility index (Phi) is 6.59. The lowest BCUT2D eigenvalue weighted by Crippen LogP contribution is -2.27. The molecule has 0 bridgehead atoms. The van der Waals surface area contributed by atoms with E-state index in [0.717, 1.165) is 70.9 Å². The molecule has 3 aromatic carbocycles. The normalized spacial score (nSPS) is 15.1. The highest BCUT2D eigenvalue weighted by Gasteiger charge is 2.19. The van der Waals surface area contributed by atoms with E-state index in [1.54, 1.807) is 6.07 Å². The van der Waals surface area contributed by atoms with Crippen LogP contribution >= 0.6 is 0 Å². The van der Waals surface area contributed by atoms with Crippen molar-refractivity contribution in [3.05, 3.63) is 88.7 Å². The molecule has 1 atom stereocenters. The number of nitrogens with zero attached hydrogens (tertiary/aromatic N) is 3. The summed E-state index contributed by atoms with van der Waals surface area (Å²) >= 11 is 0. The molecule has 6 nitrogen and oxygen atoms in total. The van der Waals surface area contributed by atoms with Crippen molar-refractivity contribution in [1.82, 2.24) is 14.9 Å². The molecule has 0 spiro atoms. The molecule has 1 N–H and O–H groups in total. The first-order valence-corrected chi connectivity index (χ1v) is 12.6. The monoisotopic (exact) mass is 480 g/mol. The number of benzene rings is 3. The van der Waals surface area contributed by atoms with E-state index in [0.29, 0.717) is 11.6 Å². The Labute approximate surface area is 212 Å². The van der Waals surface area contributed by atoms with Crippen molar-refractivity contribution in [3.8, 4) is 11.1 Å². The molecule has 0 radical (unpaired) electrons. The number of fused-ring (bicyclic) bond motifs is 1. The molecule has 0 amide bonds. The predicted octanol–water partition coefficient (Wildman–Crippen LogP) is 5.54. The lowest BCUT2D eigenvalue weighted by atomic mass is 9.98. The predicted molar refractivity (Wildman–Crippen MR) is 145 cm³/mol. The lowest BCUT2D eigenvalue weighted by Gasteiger charge is -2.12. The van der Waals surface area contributed by atoms with Gasteiger partial charge in [0.15, 0.2) is 0 Å². The average Bonchev–Trinajstić information content (AvgIpc) is 3.48. The highest BCUT2D eigenvalue weighted by atomic mass is 16.5. The van der Waals surface area contributed by atoms with Crippen molar-refractivity contribution in [2.75, 3.05) is 13.7 Å². The standard InChI is InChI=1S/C30H32N4O2/c1-5-8-27-33-28-19(2)15-23(29-31-17-20(3)32-29)16-26(28)34(27)18-21-11-13-22(14-12-21)24-9-6-7-10-25(24)30(35)36-4/h6-7,9-16,20H,5,8,17-18H2,1-4H3,(H,31,32). The smallest absolute Gasteiger partial charge is 0.338 e. The minimum Gasteiger partial charge on any atom is -0.465 e. The van der Waals surface area contributed by atoms with Crippen molar-refractivity contribution in [2.24, 2.45) is 4.99 Å². The molecule has 36 heavy (non-hydrogen) atoms. The Morgan fingerprint density at radius 3 is 2.58 bits per heavy atom. The molecule has 5 rings (SSSR count). The van der Waals surface area contributed by atoms with E-state index in [-0.39, 0.29) is 5.97 Å². The molecule has 0 fully saturated rings. The first-order valence-electron chi connectivity index (χ1n) is 12.6. The largest absolute Gasteiger partial charge is 0.465 e. The summed E-state index contributed by atoms with van der Waals surface area (Å²) in [5, 5.41) is 3.49. The number of ether oxygens (including phenoxy) is 1. The van der Waals surface area contributed by atoms with Gasteiger partial charge in [-0.25, -0.2) is 9.78 Å². The van der Waals surface area contributed by atoms with Crippen LogP contribution in [-0.2, 0) is 17.7 Å². The number of amidine groups is 1. The van der Waals surface area contributed by atoms with Crippen LogP contribution in [0.3, 0.4) is 0 Å². The quantitative estimate of drug-likeness (QED) is 0.353. The first-order chi connectivity index (χ1) is 17.5. The van der Waals surface area contributed by atoms with Crippen molar-refractivity contribution < 1.29 is 9.53 Å². The average molecular weight is 481 g/mol. The Balaban J connectivity index is 1.51. The van der Waals surface area contributed by atoms with E-state index in [2.05, 4.69) is 67.1 Å². The molecule has 1 aliphatic rings. The lowest BCUT2D eigenvalue weighted by molar-refractivity contribution is 0.0601. The summed E-state index contributed by atoms with van der Waals surface area (Å²) in [5.41, 5.74) is 8.07. The van der Waals surface area contributed by atoms with Crippen molar-refractivity contribution in [1.29, 1.82) is 0 Å². The van der Waals surface area contributed by atoms with E-state index < -0.39 is 0 Å². The number of nitrogens with one attached hydrogen (secondary N) is 1. The Hall–Kier alpha value is -3.93. The third-order valence-electron chi connectivity index (χ3n) is 6.72. The summed E-state index contributed by atoms with van der Waals surface area (Å²) < 4.78 is 7.31. The molecule has 0 saturated carbocycles. The Morgan fingerprint density at radius 2 is 1.89 bits per heavy atom. The van der Waals surface area contributed by atoms with Gasteiger partial charge in [0.2, 0.25) is 0 Å². The summed E-state index contributed by atoms with van der Waals surface area (Å²) in [5.74, 6) is 1.74. The van der Waals surface area contributed by atoms with Gasteiger partial charge < -0.3 is 14.6 Å². The second kappa shape index (κ2) is 9.97. The molecule has 2 heterocycles. The molecular weight excluding hydrogens is 448 g/mol. The van der Waals surface area contributed by atoms with Crippen LogP contribution in [-0.4, -0.2) is 41.1 Å². The molecule has 1 unspecified atom stereocenters. The van der Waals surface area contributed by atoms with Gasteiger partial charge in [0.1, 0.15) is 11.7 Å². The SMILES string of the molecule is CCCc1nc2c(C)cc(C3=NCC(C)N3)cc2n1Cc1ccc(-c2ccccc2C(=O)OC)cc1. The van der Waals surface area contributed by atoms with E-state index in [1.807, 2.05) is 18.2 Å². The molecule has 184 valence electrons. The van der Waals surface area contributed by atoms with Crippen LogP contribution in [0.1, 0.15) is 53.1 Å². The number of aliphatic imine (C=N–C) groups is 1. The van der Waals surface area contributed by atoms with Gasteiger partial charge in [-0.05, 0) is 60.7 Å². The van der Waals surface area contributed by atoms with Crippen molar-refractivity contribution in [3.63, 3.8) is 0 Å². The van der Waals surface area contributed by atoms with E-state index >= 15 is 0 Å². The minimum absolute atomic E-state index is 0.328. The zero-order valence-electron chi connectivity index (χ0n) is 21.3. The van der Waals surface area contributed by atoms with Gasteiger partial charge in [-0.15, -0.1) is 0 Å². The summed E-state index contributed by atoms with van der Waals surface area (Å²) in [6.45, 7) is 8.00. The van der Waals surface area contributed by atoms with Gasteiger partial charge in [-0.1, -0.05) is 49.4 Å². The third-order valence-corrected chi connectivity index (χ3v) is 6.72. The number of methoxy groups -OCH3 is 1. The van der Waals surface area contributed by atoms with Gasteiger partial charge >= 0.3 is 5.97 Å². The molecule has 1 aliphatic heterocycles. The van der Waals surface area contributed by atoms with Crippen molar-refractivity contribution in [2.45, 2.75) is 46.2 Å². The second-order valence-electron chi connectivity index (χ2n) is 9.49. The molecule has 1 aromatic heterocycles. The van der Waals surface area contributed by atoms with Crippen LogP contribution in [0.15, 0.2) is 65.7 Å². The summed E-state index contributed by atoms with van der Waals surface area (Å²) in [7, 11) is 1.41. The number of carbonyl (C=O) groups is 1. The van der Waals surface area contributed by atoms with Gasteiger partial charge in [-0.3, -0.25) is 4.99 Å². The van der Waals surface area contributed by atoms with Crippen LogP contribution in [0, 0.1) is 6.92 Å². The number of aromatic nitrogens is 2. The number of imidazole rings is 1. The fourth-order valence-electron chi connectivity index (χ4n) is 4.89. The third kappa shape index (κ3) is 4.51. The summed E-state index contributed by atoms with van der Waals surface area (Å²) in [6.07, 6.45) is 1.95. The van der Waals surface area contributed by atoms with Crippen LogP contribution in [0.2, 0.25) is 0 Å². The van der Waals surface area contributed by atoms with Gasteiger partial charge in [0, 0.05) is 24.6 Å². The molecule has 6 heteroatoms.